The van der Waals surface area contributed by atoms with Gasteiger partial charge in [-0.1, -0.05) is 19.9 Å². The van der Waals surface area contributed by atoms with E-state index in [0.29, 0.717) is 11.4 Å². The van der Waals surface area contributed by atoms with Gasteiger partial charge in [-0.3, -0.25) is 4.68 Å². The van der Waals surface area contributed by atoms with Gasteiger partial charge >= 0.3 is 12.1 Å². The monoisotopic (exact) mass is 595 g/mol. The van der Waals surface area contributed by atoms with Crippen molar-refractivity contribution in [3.8, 4) is 0 Å². The van der Waals surface area contributed by atoms with Gasteiger partial charge in [0.05, 0.1) is 22.7 Å². The molecule has 0 aliphatic rings. The molecule has 0 aliphatic carbocycles. The van der Waals surface area contributed by atoms with Crippen LogP contribution in [-0.4, -0.2) is 60.5 Å². The van der Waals surface area contributed by atoms with Gasteiger partial charge < -0.3 is 14.4 Å². The van der Waals surface area contributed by atoms with E-state index in [1.54, 1.807) is 29.6 Å². The van der Waals surface area contributed by atoms with Crippen LogP contribution in [0.15, 0.2) is 53.6 Å². The van der Waals surface area contributed by atoms with Crippen molar-refractivity contribution in [2.45, 2.75) is 32.6 Å². The molecule has 2 aromatic carbocycles. The molecule has 4 rings (SSSR count). The van der Waals surface area contributed by atoms with E-state index < -0.39 is 28.7 Å². The van der Waals surface area contributed by atoms with Gasteiger partial charge in [-0.15, -0.1) is 0 Å². The summed E-state index contributed by atoms with van der Waals surface area (Å²) in [4.78, 5) is 36.9. The standard InChI is InChI=1S/C28H33N7O6S/c1-17(2)15-40-26(36)16-41-28(37)35(21-8-7-18(3)24(14-21)42(29,38)39)27-30-12-11-25(31-27)33(5)20-9-10-22-19(4)34(6)32-23(22)13-20/h7-14,17H,15-16H2,1-6H3,(H2,29,38,39). The van der Waals surface area contributed by atoms with Gasteiger partial charge in [-0.25, -0.2) is 33.0 Å². The van der Waals surface area contributed by atoms with Crippen molar-refractivity contribution in [1.29, 1.82) is 0 Å². The molecule has 0 saturated carbocycles. The highest BCUT2D eigenvalue weighted by Crippen LogP contribution is 2.31. The van der Waals surface area contributed by atoms with Crippen molar-refractivity contribution in [3.05, 3.63) is 59.9 Å². The van der Waals surface area contributed by atoms with Crippen molar-refractivity contribution in [1.82, 2.24) is 19.7 Å². The third-order valence-corrected chi connectivity index (χ3v) is 7.54. The number of esters is 1. The van der Waals surface area contributed by atoms with E-state index in [9.17, 15) is 18.0 Å². The minimum atomic E-state index is -4.13. The Labute approximate surface area is 243 Å². The average Bonchev–Trinajstić information content (AvgIpc) is 3.23. The van der Waals surface area contributed by atoms with Crippen LogP contribution < -0.4 is 14.9 Å². The average molecular weight is 596 g/mol. The molecular weight excluding hydrogens is 562 g/mol. The van der Waals surface area contributed by atoms with E-state index in [4.69, 9.17) is 14.6 Å². The molecule has 2 aromatic heterocycles. The topological polar surface area (TPSA) is 163 Å². The summed E-state index contributed by atoms with van der Waals surface area (Å²) in [6.07, 6.45) is 0.426. The number of rotatable bonds is 9. The Bertz CT molecular complexity index is 1750. The molecule has 0 fully saturated rings. The molecule has 42 heavy (non-hydrogen) atoms. The summed E-state index contributed by atoms with van der Waals surface area (Å²) in [5.41, 5.74) is 3.05. The minimum absolute atomic E-state index is 0.0651. The zero-order chi connectivity index (χ0) is 30.8. The van der Waals surface area contributed by atoms with Gasteiger partial charge in [0.2, 0.25) is 16.0 Å². The molecular formula is C28H33N7O6S. The molecule has 13 nitrogen and oxygen atoms in total. The third-order valence-electron chi connectivity index (χ3n) is 6.48. The zero-order valence-corrected chi connectivity index (χ0v) is 25.0. The fraction of sp³-hybridized carbons (Fsp3) is 0.321. The van der Waals surface area contributed by atoms with Gasteiger partial charge in [0, 0.05) is 37.1 Å². The normalized spacial score (nSPS) is 11.5. The molecule has 0 radical (unpaired) electrons. The zero-order valence-electron chi connectivity index (χ0n) is 24.2. The fourth-order valence-electron chi connectivity index (χ4n) is 4.12. The number of hydrogen-bond acceptors (Lipinski definition) is 10. The molecule has 0 bridgehead atoms. The van der Waals surface area contributed by atoms with Gasteiger partial charge in [0.25, 0.3) is 0 Å². The van der Waals surface area contributed by atoms with Crippen LogP contribution in [0.2, 0.25) is 0 Å². The number of anilines is 4. The highest BCUT2D eigenvalue weighted by Gasteiger charge is 2.26. The van der Waals surface area contributed by atoms with Gasteiger partial charge in [0.15, 0.2) is 6.61 Å². The first-order valence-corrected chi connectivity index (χ1v) is 14.6. The maximum Gasteiger partial charge on any atom is 0.421 e. The van der Waals surface area contributed by atoms with Crippen LogP contribution in [0, 0.1) is 19.8 Å². The number of hydrogen-bond donors (Lipinski definition) is 1. The highest BCUT2D eigenvalue weighted by atomic mass is 32.2. The maximum absolute atomic E-state index is 13.4. The number of ether oxygens (including phenoxy) is 2. The number of sulfonamides is 1. The maximum atomic E-state index is 13.4. The lowest BCUT2D eigenvalue weighted by Crippen LogP contribution is -2.31. The van der Waals surface area contributed by atoms with E-state index >= 15 is 0 Å². The molecule has 1 amide bonds. The molecule has 4 aromatic rings. The minimum Gasteiger partial charge on any atom is -0.463 e. The molecule has 0 atom stereocenters. The first-order valence-electron chi connectivity index (χ1n) is 13.0. The van der Waals surface area contributed by atoms with Crippen LogP contribution in [0.25, 0.3) is 10.9 Å². The lowest BCUT2D eigenvalue weighted by molar-refractivity contribution is -0.147. The van der Waals surface area contributed by atoms with Crippen molar-refractivity contribution in [3.63, 3.8) is 0 Å². The SMILES string of the molecule is Cc1ccc(N(C(=O)OCC(=O)OCC(C)C)c2nccc(N(C)c3ccc4c(C)n(C)nc4c3)n2)cc1S(N)(=O)=O. The molecule has 2 N–H and O–H groups in total. The number of benzene rings is 2. The first-order chi connectivity index (χ1) is 19.8. The van der Waals surface area contributed by atoms with Gasteiger partial charge in [0.1, 0.15) is 5.82 Å². The second-order valence-corrected chi connectivity index (χ2v) is 11.7. The van der Waals surface area contributed by atoms with Crippen LogP contribution in [-0.2, 0) is 31.3 Å². The molecule has 0 spiro atoms. The van der Waals surface area contributed by atoms with E-state index in [0.717, 1.165) is 27.2 Å². The molecule has 0 saturated heterocycles. The van der Waals surface area contributed by atoms with Gasteiger partial charge in [-0.2, -0.15) is 10.1 Å². The summed E-state index contributed by atoms with van der Waals surface area (Å²) in [6.45, 7) is 6.80. The summed E-state index contributed by atoms with van der Waals surface area (Å²) in [6, 6.07) is 11.7. The number of nitrogens with two attached hydrogens (primary N) is 1. The first kappa shape index (κ1) is 30.4. The number of aromatic nitrogens is 4. The number of carbonyl (C=O) groups is 2. The summed E-state index contributed by atoms with van der Waals surface area (Å²) in [5, 5.41) is 11.0. The van der Waals surface area contributed by atoms with Crippen molar-refractivity contribution in [2.75, 3.05) is 30.1 Å². The molecule has 14 heteroatoms. The van der Waals surface area contributed by atoms with E-state index in [2.05, 4.69) is 15.1 Å². The third kappa shape index (κ3) is 6.66. The number of nitrogens with zero attached hydrogens (tertiary/aromatic N) is 6. The smallest absolute Gasteiger partial charge is 0.421 e. The Kier molecular flexibility index (Phi) is 8.78. The number of primary sulfonamides is 1. The van der Waals surface area contributed by atoms with Crippen molar-refractivity contribution < 1.29 is 27.5 Å². The fourth-order valence-corrected chi connectivity index (χ4v) is 4.92. The second kappa shape index (κ2) is 12.1. The Morgan fingerprint density at radius 2 is 1.76 bits per heavy atom. The van der Waals surface area contributed by atoms with Crippen molar-refractivity contribution in [2.24, 2.45) is 18.1 Å². The number of aryl methyl sites for hydroxylation is 3. The number of carbonyl (C=O) groups excluding carboxylic acids is 2. The van der Waals surface area contributed by atoms with Crippen molar-refractivity contribution >= 4 is 56.1 Å². The molecule has 2 heterocycles. The Morgan fingerprint density at radius 1 is 1.05 bits per heavy atom. The van der Waals surface area contributed by atoms with E-state index in [1.807, 2.05) is 46.0 Å². The summed E-state index contributed by atoms with van der Waals surface area (Å²) >= 11 is 0. The Hall–Kier alpha value is -4.56. The quantitative estimate of drug-likeness (QED) is 0.281. The van der Waals surface area contributed by atoms with Crippen LogP contribution in [0.1, 0.15) is 25.1 Å². The summed E-state index contributed by atoms with van der Waals surface area (Å²) in [5.74, 6) is -0.347. The van der Waals surface area contributed by atoms with Crippen LogP contribution in [0.5, 0.6) is 0 Å². The predicted octanol–water partition coefficient (Wildman–Crippen LogP) is 3.87. The summed E-state index contributed by atoms with van der Waals surface area (Å²) < 4.78 is 36.6. The lowest BCUT2D eigenvalue weighted by atomic mass is 10.2. The Morgan fingerprint density at radius 3 is 2.45 bits per heavy atom. The molecule has 222 valence electrons. The van der Waals surface area contributed by atoms with Gasteiger partial charge in [-0.05, 0) is 61.7 Å². The highest BCUT2D eigenvalue weighted by molar-refractivity contribution is 7.89. The van der Waals surface area contributed by atoms with Crippen LogP contribution in [0.3, 0.4) is 0 Å². The van der Waals surface area contributed by atoms with Crippen LogP contribution in [0.4, 0.5) is 27.9 Å². The van der Waals surface area contributed by atoms with E-state index in [1.165, 1.54) is 24.4 Å². The Balaban J connectivity index is 1.71. The molecule has 0 aliphatic heterocycles. The largest absolute Gasteiger partial charge is 0.463 e. The second-order valence-electron chi connectivity index (χ2n) is 10.1. The van der Waals surface area contributed by atoms with E-state index in [-0.39, 0.29) is 29.1 Å². The number of fused-ring (bicyclic) bond motifs is 1. The number of amides is 1. The molecule has 0 unspecified atom stereocenters. The predicted molar refractivity (Wildman–Crippen MR) is 157 cm³/mol. The lowest BCUT2D eigenvalue weighted by Gasteiger charge is -2.23. The summed E-state index contributed by atoms with van der Waals surface area (Å²) in [7, 11) is -0.458. The van der Waals surface area contributed by atoms with Crippen LogP contribution >= 0.6 is 0 Å².